The third kappa shape index (κ3) is 6.46. The summed E-state index contributed by atoms with van der Waals surface area (Å²) in [5, 5.41) is 0. The molecule has 124 valence electrons. The van der Waals surface area contributed by atoms with Gasteiger partial charge in [0.25, 0.3) is 0 Å². The number of terminal acetylenes is 1. The molecule has 1 aliphatic rings. The maximum absolute atomic E-state index is 12.0. The van der Waals surface area contributed by atoms with Gasteiger partial charge in [0.15, 0.2) is 12.6 Å². The summed E-state index contributed by atoms with van der Waals surface area (Å²) in [6.45, 7) is 2.96. The molecule has 0 aromatic heterocycles. The first-order chi connectivity index (χ1) is 10.4. The third-order valence-corrected chi connectivity index (χ3v) is 3.28. The Morgan fingerprint density at radius 1 is 1.32 bits per heavy atom. The van der Waals surface area contributed by atoms with Gasteiger partial charge >= 0.3 is 11.9 Å². The van der Waals surface area contributed by atoms with Gasteiger partial charge in [0.1, 0.15) is 6.54 Å². The van der Waals surface area contributed by atoms with Crippen LogP contribution in [-0.2, 0) is 23.8 Å². The average molecular weight is 312 g/mol. The Morgan fingerprint density at radius 3 is 2.68 bits per heavy atom. The van der Waals surface area contributed by atoms with Crippen molar-refractivity contribution in [1.29, 1.82) is 0 Å². The van der Waals surface area contributed by atoms with E-state index < -0.39 is 18.4 Å². The number of hydrogen-bond donors (Lipinski definition) is 0. The van der Waals surface area contributed by atoms with Crippen LogP contribution in [0.3, 0.4) is 0 Å². The number of carbonyl (C=O) groups is 2. The second kappa shape index (κ2) is 8.76. The number of esters is 2. The Morgan fingerprint density at radius 2 is 2.05 bits per heavy atom. The van der Waals surface area contributed by atoms with Crippen molar-refractivity contribution in [2.75, 3.05) is 33.8 Å². The molecule has 0 spiro atoms. The van der Waals surface area contributed by atoms with Crippen LogP contribution in [0.2, 0.25) is 0 Å². The number of rotatable bonds is 7. The van der Waals surface area contributed by atoms with E-state index in [0.717, 1.165) is 6.42 Å². The van der Waals surface area contributed by atoms with Crippen LogP contribution >= 0.6 is 0 Å². The van der Waals surface area contributed by atoms with Crippen LogP contribution in [0, 0.1) is 12.3 Å². The van der Waals surface area contributed by atoms with E-state index in [9.17, 15) is 9.59 Å². The largest absolute Gasteiger partial charge is 0.456 e. The van der Waals surface area contributed by atoms with Crippen molar-refractivity contribution < 1.29 is 28.3 Å². The number of likely N-dealkylation sites (N-methyl/N-ethyl adjacent to an activating group) is 1. The molecule has 1 heterocycles. The van der Waals surface area contributed by atoms with Crippen LogP contribution in [0.5, 0.6) is 0 Å². The first-order valence-electron chi connectivity index (χ1n) is 7.64. The van der Waals surface area contributed by atoms with E-state index in [1.54, 1.807) is 0 Å². The van der Waals surface area contributed by atoms with Crippen LogP contribution < -0.4 is 0 Å². The lowest BCUT2D eigenvalue weighted by Gasteiger charge is -2.32. The Kier molecular flexibility index (Phi) is 7.36. The predicted octanol–water partition coefficient (Wildman–Crippen LogP) is 1.09. The zero-order valence-electron chi connectivity index (χ0n) is 13.7. The summed E-state index contributed by atoms with van der Waals surface area (Å²) < 4.78 is 16.5. The van der Waals surface area contributed by atoms with E-state index in [0.29, 0.717) is 36.9 Å². The molecular weight excluding hydrogens is 286 g/mol. The van der Waals surface area contributed by atoms with Gasteiger partial charge in [-0.15, -0.1) is 6.42 Å². The highest BCUT2D eigenvalue weighted by atomic mass is 16.7. The fourth-order valence-corrected chi connectivity index (χ4v) is 2.20. The lowest BCUT2D eigenvalue weighted by Crippen LogP contribution is -2.47. The molecular formula is C16H26NO5+. The minimum atomic E-state index is -0.826. The maximum atomic E-state index is 12.0. The van der Waals surface area contributed by atoms with Crippen LogP contribution in [-0.4, -0.2) is 62.6 Å². The normalized spacial score (nSPS) is 21.7. The summed E-state index contributed by atoms with van der Waals surface area (Å²) in [7, 11) is 3.70. The molecule has 0 bridgehead atoms. The number of carbonyl (C=O) groups excluding carboxylic acids is 2. The van der Waals surface area contributed by atoms with E-state index in [1.165, 1.54) is 0 Å². The number of quaternary nitrogens is 1. The summed E-state index contributed by atoms with van der Waals surface area (Å²) >= 11 is 0. The van der Waals surface area contributed by atoms with Crippen LogP contribution in [0.25, 0.3) is 0 Å². The summed E-state index contributed by atoms with van der Waals surface area (Å²) in [6.07, 6.45) is 6.40. The van der Waals surface area contributed by atoms with Crippen molar-refractivity contribution in [1.82, 2.24) is 0 Å². The molecule has 0 aromatic carbocycles. The first-order valence-corrected chi connectivity index (χ1v) is 7.64. The minimum absolute atomic E-state index is 0.139. The van der Waals surface area contributed by atoms with Gasteiger partial charge in [0.2, 0.25) is 6.29 Å². The Balaban J connectivity index is 2.54. The fraction of sp³-hybridized carbons (Fsp3) is 0.750. The number of ether oxygens (including phenoxy) is 3. The molecule has 0 N–H and O–H groups in total. The van der Waals surface area contributed by atoms with Crippen molar-refractivity contribution in [2.45, 2.75) is 45.0 Å². The van der Waals surface area contributed by atoms with Crippen LogP contribution in [0.15, 0.2) is 0 Å². The SMILES string of the molecule is C#CC[N+](C)(C)CC(=O)OC1OCCCC1OC(=O)CCC. The Hall–Kier alpha value is -1.58. The van der Waals surface area contributed by atoms with Gasteiger partial charge in [-0.2, -0.15) is 0 Å². The molecule has 6 heteroatoms. The van der Waals surface area contributed by atoms with Crippen molar-refractivity contribution in [2.24, 2.45) is 0 Å². The zero-order valence-corrected chi connectivity index (χ0v) is 13.7. The van der Waals surface area contributed by atoms with Crippen LogP contribution in [0.4, 0.5) is 0 Å². The molecule has 1 saturated heterocycles. The van der Waals surface area contributed by atoms with Gasteiger partial charge < -0.3 is 18.7 Å². The van der Waals surface area contributed by atoms with Gasteiger partial charge in [0, 0.05) is 6.42 Å². The standard InChI is InChI=1S/C16H26NO5/c1-5-8-14(18)21-13-9-7-11-20-16(13)22-15(19)12-17(3,4)10-6-2/h2,13,16H,5,7-12H2,1,3-4H3/q+1. The summed E-state index contributed by atoms with van der Waals surface area (Å²) in [6, 6.07) is 0. The van der Waals surface area contributed by atoms with E-state index in [2.05, 4.69) is 5.92 Å². The molecule has 1 rings (SSSR count). The highest BCUT2D eigenvalue weighted by molar-refractivity contribution is 5.71. The molecule has 0 saturated carbocycles. The first kappa shape index (κ1) is 18.5. The van der Waals surface area contributed by atoms with Crippen LogP contribution in [0.1, 0.15) is 32.6 Å². The fourth-order valence-electron chi connectivity index (χ4n) is 2.20. The monoisotopic (exact) mass is 312 g/mol. The lowest BCUT2D eigenvalue weighted by atomic mass is 10.1. The summed E-state index contributed by atoms with van der Waals surface area (Å²) in [4.78, 5) is 23.6. The molecule has 0 amide bonds. The quantitative estimate of drug-likeness (QED) is 0.400. The second-order valence-corrected chi connectivity index (χ2v) is 6.11. The number of nitrogens with zero attached hydrogens (tertiary/aromatic N) is 1. The molecule has 2 atom stereocenters. The Labute approximate surface area is 132 Å². The Bertz CT molecular complexity index is 427. The highest BCUT2D eigenvalue weighted by Gasteiger charge is 2.33. The lowest BCUT2D eigenvalue weighted by molar-refractivity contribution is -0.875. The van der Waals surface area contributed by atoms with E-state index in [-0.39, 0.29) is 12.5 Å². The molecule has 22 heavy (non-hydrogen) atoms. The van der Waals surface area contributed by atoms with Crippen molar-refractivity contribution in [3.63, 3.8) is 0 Å². The van der Waals surface area contributed by atoms with E-state index >= 15 is 0 Å². The van der Waals surface area contributed by atoms with Gasteiger partial charge in [-0.1, -0.05) is 6.92 Å². The molecule has 0 radical (unpaired) electrons. The van der Waals surface area contributed by atoms with E-state index in [4.69, 9.17) is 20.6 Å². The second-order valence-electron chi connectivity index (χ2n) is 6.11. The smallest absolute Gasteiger partial charge is 0.364 e. The zero-order chi connectivity index (χ0) is 16.6. The molecule has 0 aliphatic carbocycles. The molecule has 1 aliphatic heterocycles. The molecule has 0 aromatic rings. The maximum Gasteiger partial charge on any atom is 0.364 e. The molecule has 2 unspecified atom stereocenters. The van der Waals surface area contributed by atoms with Crippen molar-refractivity contribution in [3.05, 3.63) is 0 Å². The van der Waals surface area contributed by atoms with Gasteiger partial charge in [-0.25, -0.2) is 4.79 Å². The third-order valence-electron chi connectivity index (χ3n) is 3.28. The van der Waals surface area contributed by atoms with Crippen molar-refractivity contribution in [3.8, 4) is 12.3 Å². The topological polar surface area (TPSA) is 61.8 Å². The van der Waals surface area contributed by atoms with Gasteiger partial charge in [-0.05, 0) is 25.2 Å². The minimum Gasteiger partial charge on any atom is -0.456 e. The summed E-state index contributed by atoms with van der Waals surface area (Å²) in [5.74, 6) is 1.83. The molecule has 6 nitrogen and oxygen atoms in total. The predicted molar refractivity (Wildman–Crippen MR) is 80.5 cm³/mol. The van der Waals surface area contributed by atoms with Crippen molar-refractivity contribution >= 4 is 11.9 Å². The highest BCUT2D eigenvalue weighted by Crippen LogP contribution is 2.19. The van der Waals surface area contributed by atoms with Gasteiger partial charge in [-0.3, -0.25) is 4.79 Å². The summed E-state index contributed by atoms with van der Waals surface area (Å²) in [5.41, 5.74) is 0. The van der Waals surface area contributed by atoms with Gasteiger partial charge in [0.05, 0.1) is 20.7 Å². The molecule has 1 fully saturated rings. The van der Waals surface area contributed by atoms with E-state index in [1.807, 2.05) is 21.0 Å². The average Bonchev–Trinajstić information content (AvgIpc) is 2.40. The number of hydrogen-bond acceptors (Lipinski definition) is 5.